The van der Waals surface area contributed by atoms with Crippen LogP contribution in [0.5, 0.6) is 0 Å². The molecule has 0 spiro atoms. The van der Waals surface area contributed by atoms with Crippen molar-refractivity contribution in [3.63, 3.8) is 0 Å². The molecule has 4 heteroatoms. The molecule has 0 saturated heterocycles. The van der Waals surface area contributed by atoms with Gasteiger partial charge in [0.15, 0.2) is 0 Å². The molecular weight excluding hydrogens is 136 g/mol. The minimum Gasteiger partial charge on any atom is -0.273 e. The highest BCUT2D eigenvalue weighted by atomic mass is 35.7. The molecule has 0 unspecified atom stereocenters. The van der Waals surface area contributed by atoms with Crippen LogP contribution in [0.1, 0.15) is 0 Å². The fourth-order valence-electron chi connectivity index (χ4n) is 0.0680. The van der Waals surface area contributed by atoms with E-state index in [-0.39, 0.29) is 0 Å². The summed E-state index contributed by atoms with van der Waals surface area (Å²) in [5.74, 6) is 0. The van der Waals surface area contributed by atoms with E-state index in [1.54, 1.807) is 6.26 Å². The first kappa shape index (κ1) is 7.56. The topological polar surface area (TPSA) is 18.5 Å². The van der Waals surface area contributed by atoms with Crippen LogP contribution in [-0.2, 0) is 8.37 Å². The second-order valence-corrected chi connectivity index (χ2v) is 4.73. The normalized spacial score (nSPS) is 14.3. The third-order valence-electron chi connectivity index (χ3n) is 0.595. The van der Waals surface area contributed by atoms with E-state index in [0.717, 1.165) is 0 Å². The van der Waals surface area contributed by atoms with Crippen molar-refractivity contribution >= 4 is 20.5 Å². The number of rotatable bonds is 2. The fraction of sp³-hybridized carbons (Fsp3) is 1.00. The third-order valence-corrected chi connectivity index (χ3v) is 2.54. The van der Waals surface area contributed by atoms with Crippen LogP contribution in [0.15, 0.2) is 0 Å². The van der Waals surface area contributed by atoms with E-state index in [4.69, 9.17) is 19.0 Å². The quantitative estimate of drug-likeness (QED) is 0.588. The van der Waals surface area contributed by atoms with Gasteiger partial charge in [0.05, 0.1) is 14.2 Å². The Bertz CT molecular complexity index is 50.9. The van der Waals surface area contributed by atoms with Gasteiger partial charge in [-0.05, 0) is 0 Å². The molecule has 0 heterocycles. The van der Waals surface area contributed by atoms with Crippen molar-refractivity contribution < 1.29 is 8.37 Å². The predicted molar refractivity (Wildman–Crippen MR) is 33.4 cm³/mol. The Balaban J connectivity index is 3.36. The van der Waals surface area contributed by atoms with Gasteiger partial charge in [0.25, 0.3) is 0 Å². The molecule has 0 aromatic rings. The molecule has 0 fully saturated rings. The molecule has 0 rings (SSSR count). The minimum atomic E-state index is -1.69. The highest BCUT2D eigenvalue weighted by molar-refractivity contribution is 8.43. The molecule has 0 aliphatic rings. The maximum Gasteiger partial charge on any atom is 0.0619 e. The zero-order chi connectivity index (χ0) is 5.91. The van der Waals surface area contributed by atoms with Crippen molar-refractivity contribution in [3.8, 4) is 0 Å². The zero-order valence-corrected chi connectivity index (χ0v) is 6.18. The van der Waals surface area contributed by atoms with Gasteiger partial charge in [-0.1, -0.05) is 0 Å². The molecule has 0 atom stereocenters. The van der Waals surface area contributed by atoms with E-state index < -0.39 is 9.80 Å². The van der Waals surface area contributed by atoms with Gasteiger partial charge in [-0.15, -0.1) is 9.80 Å². The smallest absolute Gasteiger partial charge is 0.0619 e. The molecular formula is C3H9ClO2S. The second kappa shape index (κ2) is 2.77. The van der Waals surface area contributed by atoms with Crippen molar-refractivity contribution in [1.29, 1.82) is 0 Å². The van der Waals surface area contributed by atoms with Crippen LogP contribution < -0.4 is 0 Å². The van der Waals surface area contributed by atoms with Crippen LogP contribution in [0.2, 0.25) is 0 Å². The molecule has 0 radical (unpaired) electrons. The lowest BCUT2D eigenvalue weighted by Gasteiger charge is -2.26. The van der Waals surface area contributed by atoms with Gasteiger partial charge in [-0.3, -0.25) is 8.37 Å². The molecule has 0 aromatic heterocycles. The SMILES string of the molecule is COS(C)(Cl)OC. The third kappa shape index (κ3) is 3.17. The van der Waals surface area contributed by atoms with E-state index >= 15 is 0 Å². The predicted octanol–water partition coefficient (Wildman–Crippen LogP) is 1.70. The van der Waals surface area contributed by atoms with E-state index in [1.807, 2.05) is 0 Å². The first-order chi connectivity index (χ1) is 3.12. The standard InChI is InChI=1S/C3H9ClO2S/c1-5-7(3,4)6-2/h1-3H3. The molecule has 0 amide bonds. The van der Waals surface area contributed by atoms with Gasteiger partial charge < -0.3 is 0 Å². The lowest BCUT2D eigenvalue weighted by Crippen LogP contribution is -1.91. The van der Waals surface area contributed by atoms with Crippen LogP contribution in [0.25, 0.3) is 0 Å². The lowest BCUT2D eigenvalue weighted by atomic mass is 11.8. The first-order valence-electron chi connectivity index (χ1n) is 1.71. The van der Waals surface area contributed by atoms with Gasteiger partial charge in [-0.25, -0.2) is 0 Å². The van der Waals surface area contributed by atoms with Crippen molar-refractivity contribution in [3.05, 3.63) is 0 Å². The van der Waals surface area contributed by atoms with Crippen molar-refractivity contribution in [2.45, 2.75) is 0 Å². The van der Waals surface area contributed by atoms with Gasteiger partial charge in [0, 0.05) is 16.9 Å². The van der Waals surface area contributed by atoms with Crippen molar-refractivity contribution in [2.24, 2.45) is 0 Å². The lowest BCUT2D eigenvalue weighted by molar-refractivity contribution is 0.365. The van der Waals surface area contributed by atoms with E-state index in [0.29, 0.717) is 0 Å². The van der Waals surface area contributed by atoms with Crippen LogP contribution in [0.3, 0.4) is 0 Å². The van der Waals surface area contributed by atoms with Crippen molar-refractivity contribution in [1.82, 2.24) is 0 Å². The van der Waals surface area contributed by atoms with Crippen LogP contribution in [-0.4, -0.2) is 20.5 Å². The second-order valence-electron chi connectivity index (χ2n) is 1.01. The summed E-state index contributed by atoms with van der Waals surface area (Å²) in [7, 11) is 6.90. The largest absolute Gasteiger partial charge is 0.273 e. The Morgan fingerprint density at radius 3 is 1.57 bits per heavy atom. The molecule has 0 aliphatic carbocycles. The summed E-state index contributed by atoms with van der Waals surface area (Å²) in [5.41, 5.74) is 0. The summed E-state index contributed by atoms with van der Waals surface area (Å²) in [6.07, 6.45) is 1.70. The first-order valence-corrected chi connectivity index (χ1v) is 4.43. The van der Waals surface area contributed by atoms with Crippen LogP contribution in [0, 0.1) is 0 Å². The van der Waals surface area contributed by atoms with Crippen molar-refractivity contribution in [2.75, 3.05) is 20.5 Å². The zero-order valence-electron chi connectivity index (χ0n) is 4.60. The Labute approximate surface area is 50.0 Å². The molecule has 0 N–H and O–H groups in total. The summed E-state index contributed by atoms with van der Waals surface area (Å²) in [4.78, 5) is 0. The Kier molecular flexibility index (Phi) is 2.99. The van der Waals surface area contributed by atoms with Gasteiger partial charge >= 0.3 is 0 Å². The van der Waals surface area contributed by atoms with Crippen LogP contribution >= 0.6 is 20.5 Å². The summed E-state index contributed by atoms with van der Waals surface area (Å²) in [6, 6.07) is 0. The molecule has 0 bridgehead atoms. The molecule has 0 saturated carbocycles. The highest BCUT2D eigenvalue weighted by Gasteiger charge is 2.02. The minimum absolute atomic E-state index is 1.52. The summed E-state index contributed by atoms with van der Waals surface area (Å²) in [6.45, 7) is 0. The molecule has 46 valence electrons. The van der Waals surface area contributed by atoms with E-state index in [9.17, 15) is 0 Å². The average Bonchev–Trinajstić information content (AvgIpc) is 1.68. The van der Waals surface area contributed by atoms with E-state index in [2.05, 4.69) is 0 Å². The number of hydrogen-bond acceptors (Lipinski definition) is 2. The van der Waals surface area contributed by atoms with Gasteiger partial charge in [0.1, 0.15) is 0 Å². The van der Waals surface area contributed by atoms with Gasteiger partial charge in [0.2, 0.25) is 0 Å². The summed E-state index contributed by atoms with van der Waals surface area (Å²) < 4.78 is 9.43. The molecule has 0 aliphatic heterocycles. The summed E-state index contributed by atoms with van der Waals surface area (Å²) >= 11 is 0. The fourth-order valence-corrected chi connectivity index (χ4v) is 0.204. The van der Waals surface area contributed by atoms with Crippen LogP contribution in [0.4, 0.5) is 0 Å². The maximum absolute atomic E-state index is 5.54. The summed E-state index contributed by atoms with van der Waals surface area (Å²) in [5, 5.41) is 0. The van der Waals surface area contributed by atoms with E-state index in [1.165, 1.54) is 14.2 Å². The average molecular weight is 145 g/mol. The molecule has 0 aromatic carbocycles. The Hall–Kier alpha value is 0.560. The maximum atomic E-state index is 5.54. The van der Waals surface area contributed by atoms with Gasteiger partial charge in [-0.2, -0.15) is 0 Å². The Morgan fingerprint density at radius 2 is 1.57 bits per heavy atom. The molecule has 7 heavy (non-hydrogen) atoms. The highest BCUT2D eigenvalue weighted by Crippen LogP contribution is 2.49. The number of hydrogen-bond donors (Lipinski definition) is 0. The number of halogens is 1. The monoisotopic (exact) mass is 144 g/mol. The Morgan fingerprint density at radius 1 is 1.29 bits per heavy atom. The molecule has 2 nitrogen and oxygen atoms in total.